The molecule has 1 aliphatic carbocycles. The quantitative estimate of drug-likeness (QED) is 0.586. The smallest absolute Gasteiger partial charge is 0.193 e. The molecule has 0 aliphatic heterocycles. The average Bonchev–Trinajstić information content (AvgIpc) is 2.77. The Kier molecular flexibility index (Phi) is 2.50. The second kappa shape index (κ2) is 3.96. The summed E-state index contributed by atoms with van der Waals surface area (Å²) < 4.78 is 0. The molecule has 0 spiro atoms. The SMILES string of the molecule is O=C(C1=CC=C/C1=C\O)c1ccccc1. The Morgan fingerprint density at radius 1 is 1.20 bits per heavy atom. The minimum atomic E-state index is -0.0686. The lowest BCUT2D eigenvalue weighted by molar-refractivity contribution is 0.103. The third-order valence-corrected chi connectivity index (χ3v) is 2.27. The van der Waals surface area contributed by atoms with Crippen molar-refractivity contribution in [2.75, 3.05) is 0 Å². The fraction of sp³-hybridized carbons (Fsp3) is 0. The van der Waals surface area contributed by atoms with Crippen LogP contribution in [0, 0.1) is 0 Å². The normalized spacial score (nSPS) is 16.8. The van der Waals surface area contributed by atoms with Gasteiger partial charge in [0.25, 0.3) is 0 Å². The van der Waals surface area contributed by atoms with Crippen molar-refractivity contribution < 1.29 is 9.90 Å². The summed E-state index contributed by atoms with van der Waals surface area (Å²) in [5.74, 6) is -0.0686. The highest BCUT2D eigenvalue weighted by Gasteiger charge is 2.16. The Morgan fingerprint density at radius 2 is 1.93 bits per heavy atom. The van der Waals surface area contributed by atoms with E-state index in [0.717, 1.165) is 6.26 Å². The van der Waals surface area contributed by atoms with E-state index in [1.54, 1.807) is 30.4 Å². The van der Waals surface area contributed by atoms with Crippen molar-refractivity contribution in [2.45, 2.75) is 0 Å². The molecule has 0 aromatic heterocycles. The zero-order chi connectivity index (χ0) is 10.7. The summed E-state index contributed by atoms with van der Waals surface area (Å²) in [5.41, 5.74) is 1.72. The second-order valence-corrected chi connectivity index (χ2v) is 3.22. The Balaban J connectivity index is 2.32. The van der Waals surface area contributed by atoms with Crippen LogP contribution in [-0.4, -0.2) is 10.9 Å². The number of hydrogen-bond acceptors (Lipinski definition) is 2. The first kappa shape index (κ1) is 9.46. The number of aliphatic hydroxyl groups excluding tert-OH is 1. The highest BCUT2D eigenvalue weighted by atomic mass is 16.2. The number of carbonyl (C=O) groups excluding carboxylic acids is 1. The summed E-state index contributed by atoms with van der Waals surface area (Å²) in [6.45, 7) is 0. The summed E-state index contributed by atoms with van der Waals surface area (Å²) in [4.78, 5) is 12.0. The van der Waals surface area contributed by atoms with Gasteiger partial charge in [0.15, 0.2) is 5.78 Å². The Morgan fingerprint density at radius 3 is 2.60 bits per heavy atom. The van der Waals surface area contributed by atoms with Crippen LogP contribution < -0.4 is 0 Å². The molecule has 0 fully saturated rings. The molecule has 2 rings (SSSR count). The maximum absolute atomic E-state index is 12.0. The largest absolute Gasteiger partial charge is 0.515 e. The third kappa shape index (κ3) is 1.74. The van der Waals surface area contributed by atoms with Gasteiger partial charge in [0.05, 0.1) is 6.26 Å². The molecule has 1 N–H and O–H groups in total. The minimum Gasteiger partial charge on any atom is -0.515 e. The zero-order valence-electron chi connectivity index (χ0n) is 8.05. The molecule has 0 saturated carbocycles. The van der Waals surface area contributed by atoms with Gasteiger partial charge in [0.2, 0.25) is 0 Å². The molecule has 1 aromatic carbocycles. The maximum Gasteiger partial charge on any atom is 0.193 e. The predicted molar refractivity (Wildman–Crippen MR) is 58.7 cm³/mol. The number of ketones is 1. The molecule has 0 atom stereocenters. The number of hydrogen-bond donors (Lipinski definition) is 1. The molecule has 0 amide bonds. The van der Waals surface area contributed by atoms with E-state index in [4.69, 9.17) is 5.11 Å². The van der Waals surface area contributed by atoms with Crippen LogP contribution in [-0.2, 0) is 0 Å². The first-order valence-corrected chi connectivity index (χ1v) is 4.66. The summed E-state index contributed by atoms with van der Waals surface area (Å²) >= 11 is 0. The van der Waals surface area contributed by atoms with Crippen molar-refractivity contribution in [3.05, 3.63) is 71.5 Å². The highest BCUT2D eigenvalue weighted by molar-refractivity contribution is 6.12. The number of aliphatic hydroxyl groups is 1. The average molecular weight is 198 g/mol. The molecule has 0 bridgehead atoms. The summed E-state index contributed by atoms with van der Waals surface area (Å²) in [6, 6.07) is 9.02. The third-order valence-electron chi connectivity index (χ3n) is 2.27. The van der Waals surface area contributed by atoms with Gasteiger partial charge in [-0.25, -0.2) is 0 Å². The van der Waals surface area contributed by atoms with Crippen molar-refractivity contribution in [3.63, 3.8) is 0 Å². The van der Waals surface area contributed by atoms with Gasteiger partial charge in [-0.3, -0.25) is 4.79 Å². The zero-order valence-corrected chi connectivity index (χ0v) is 8.05. The summed E-state index contributed by atoms with van der Waals surface area (Å²) in [6.07, 6.45) is 6.11. The Bertz CT molecular complexity index is 465. The van der Waals surface area contributed by atoms with E-state index in [0.29, 0.717) is 16.7 Å². The second-order valence-electron chi connectivity index (χ2n) is 3.22. The van der Waals surface area contributed by atoms with Crippen LogP contribution in [0.4, 0.5) is 0 Å². The van der Waals surface area contributed by atoms with E-state index in [2.05, 4.69) is 0 Å². The first-order valence-electron chi connectivity index (χ1n) is 4.66. The van der Waals surface area contributed by atoms with Crippen LogP contribution in [0.1, 0.15) is 10.4 Å². The van der Waals surface area contributed by atoms with Crippen LogP contribution in [0.15, 0.2) is 66.0 Å². The maximum atomic E-state index is 12.0. The van der Waals surface area contributed by atoms with E-state index in [1.807, 2.05) is 18.2 Å². The number of carbonyl (C=O) groups is 1. The number of rotatable bonds is 2. The fourth-order valence-corrected chi connectivity index (χ4v) is 1.50. The first-order chi connectivity index (χ1) is 7.33. The van der Waals surface area contributed by atoms with Crippen LogP contribution >= 0.6 is 0 Å². The van der Waals surface area contributed by atoms with Crippen molar-refractivity contribution in [2.24, 2.45) is 0 Å². The lowest BCUT2D eigenvalue weighted by Crippen LogP contribution is -2.03. The van der Waals surface area contributed by atoms with E-state index < -0.39 is 0 Å². The van der Waals surface area contributed by atoms with Gasteiger partial charge in [-0.1, -0.05) is 48.6 Å². The Hall–Kier alpha value is -2.09. The van der Waals surface area contributed by atoms with E-state index in [-0.39, 0.29) is 5.78 Å². The van der Waals surface area contributed by atoms with Crippen LogP contribution in [0.2, 0.25) is 0 Å². The number of benzene rings is 1. The van der Waals surface area contributed by atoms with Crippen LogP contribution in [0.3, 0.4) is 0 Å². The predicted octanol–water partition coefficient (Wildman–Crippen LogP) is 2.81. The molecule has 0 heterocycles. The Labute approximate surface area is 87.9 Å². The van der Waals surface area contributed by atoms with E-state index >= 15 is 0 Å². The van der Waals surface area contributed by atoms with Gasteiger partial charge in [0.1, 0.15) is 0 Å². The molecular formula is C13H10O2. The lowest BCUT2D eigenvalue weighted by Gasteiger charge is -2.02. The van der Waals surface area contributed by atoms with Crippen molar-refractivity contribution in [3.8, 4) is 0 Å². The van der Waals surface area contributed by atoms with Crippen LogP contribution in [0.25, 0.3) is 0 Å². The van der Waals surface area contributed by atoms with Gasteiger partial charge < -0.3 is 5.11 Å². The van der Waals surface area contributed by atoms with E-state index in [1.165, 1.54) is 0 Å². The fourth-order valence-electron chi connectivity index (χ4n) is 1.50. The molecule has 1 aromatic rings. The number of Topliss-reactive ketones (excluding diaryl/α,β-unsaturated/α-hetero) is 1. The molecule has 2 nitrogen and oxygen atoms in total. The van der Waals surface area contributed by atoms with E-state index in [9.17, 15) is 4.79 Å². The van der Waals surface area contributed by atoms with Gasteiger partial charge in [-0.05, 0) is 0 Å². The molecular weight excluding hydrogens is 188 g/mol. The van der Waals surface area contributed by atoms with Gasteiger partial charge >= 0.3 is 0 Å². The molecule has 0 saturated heterocycles. The summed E-state index contributed by atoms with van der Waals surface area (Å²) in [7, 11) is 0. The topological polar surface area (TPSA) is 37.3 Å². The molecule has 2 heteroatoms. The molecule has 15 heavy (non-hydrogen) atoms. The van der Waals surface area contributed by atoms with Gasteiger partial charge in [-0.15, -0.1) is 0 Å². The van der Waals surface area contributed by atoms with Gasteiger partial charge in [0, 0.05) is 16.7 Å². The molecule has 1 aliphatic rings. The molecule has 0 unspecified atom stereocenters. The standard InChI is InChI=1S/C13H10O2/c14-9-11-7-4-8-12(11)13(15)10-5-2-1-3-6-10/h1-9,14H/b11-9+. The highest BCUT2D eigenvalue weighted by Crippen LogP contribution is 2.21. The van der Waals surface area contributed by atoms with Crippen molar-refractivity contribution in [1.82, 2.24) is 0 Å². The minimum absolute atomic E-state index is 0.0686. The van der Waals surface area contributed by atoms with Crippen LogP contribution in [0.5, 0.6) is 0 Å². The number of allylic oxidation sites excluding steroid dienone is 5. The molecule has 0 radical (unpaired) electrons. The molecule has 74 valence electrons. The van der Waals surface area contributed by atoms with Crippen molar-refractivity contribution >= 4 is 5.78 Å². The monoisotopic (exact) mass is 198 g/mol. The lowest BCUT2D eigenvalue weighted by atomic mass is 10.0. The van der Waals surface area contributed by atoms with Gasteiger partial charge in [-0.2, -0.15) is 0 Å². The van der Waals surface area contributed by atoms with Crippen molar-refractivity contribution in [1.29, 1.82) is 0 Å². The summed E-state index contributed by atoms with van der Waals surface area (Å²) in [5, 5.41) is 8.93.